The lowest BCUT2D eigenvalue weighted by molar-refractivity contribution is -0.118. The van der Waals surface area contributed by atoms with Crippen molar-refractivity contribution in [2.24, 2.45) is 5.92 Å². The smallest absolute Gasteiger partial charge is 0.388 e. The second-order valence-electron chi connectivity index (χ2n) is 8.56. The molecule has 0 saturated heterocycles. The number of hydrogen-bond acceptors (Lipinski definition) is 7. The van der Waals surface area contributed by atoms with E-state index in [1.165, 1.54) is 12.3 Å². The van der Waals surface area contributed by atoms with Crippen molar-refractivity contribution in [3.63, 3.8) is 0 Å². The number of alkyl halides is 2. The number of aromatic nitrogens is 4. The van der Waals surface area contributed by atoms with Crippen LogP contribution in [0.25, 0.3) is 0 Å². The number of nitrogens with zero attached hydrogens (tertiary/aromatic N) is 5. The van der Waals surface area contributed by atoms with Crippen LogP contribution in [0.1, 0.15) is 30.7 Å². The predicted octanol–water partition coefficient (Wildman–Crippen LogP) is 3.77. The molecule has 188 valence electrons. The van der Waals surface area contributed by atoms with Gasteiger partial charge in [0, 0.05) is 43.7 Å². The van der Waals surface area contributed by atoms with Crippen molar-refractivity contribution in [2.45, 2.75) is 46.5 Å². The Labute approximate surface area is 209 Å². The van der Waals surface area contributed by atoms with Gasteiger partial charge < -0.3 is 20.3 Å². The van der Waals surface area contributed by atoms with Crippen LogP contribution >= 0.6 is 13.5 Å². The van der Waals surface area contributed by atoms with Crippen molar-refractivity contribution in [1.82, 2.24) is 19.7 Å². The minimum Gasteiger partial charge on any atom is -0.417 e. The molecule has 0 saturated carbocycles. The van der Waals surface area contributed by atoms with E-state index in [1.54, 1.807) is 16.9 Å². The molecule has 3 aromatic heterocycles. The Kier molecular flexibility index (Phi) is 8.15. The number of likely N-dealkylation sites (N-methyl/N-ethyl adjacent to an activating group) is 1. The van der Waals surface area contributed by atoms with Gasteiger partial charge in [0.2, 0.25) is 11.8 Å². The van der Waals surface area contributed by atoms with Gasteiger partial charge in [0.1, 0.15) is 11.9 Å². The minimum atomic E-state index is -2.90. The summed E-state index contributed by atoms with van der Waals surface area (Å²) >= 11 is 0. The van der Waals surface area contributed by atoms with E-state index in [0.717, 1.165) is 28.2 Å². The lowest BCUT2D eigenvalue weighted by Crippen LogP contribution is -2.49. The molecule has 4 rings (SSSR count). The van der Waals surface area contributed by atoms with Crippen molar-refractivity contribution < 1.29 is 18.3 Å². The van der Waals surface area contributed by atoms with Gasteiger partial charge >= 0.3 is 6.61 Å². The number of amides is 1. The molecule has 0 radical (unpaired) electrons. The number of nitrogens with one attached hydrogen (secondary N) is 2. The second-order valence-corrected chi connectivity index (χ2v) is 8.56. The lowest BCUT2D eigenvalue weighted by Gasteiger charge is -2.38. The number of pyridine rings is 2. The molecule has 0 bridgehead atoms. The van der Waals surface area contributed by atoms with Crippen LogP contribution in [-0.2, 0) is 17.9 Å². The van der Waals surface area contributed by atoms with E-state index >= 15 is 0 Å². The largest absolute Gasteiger partial charge is 0.417 e. The Balaban J connectivity index is 0.00000342. The summed E-state index contributed by atoms with van der Waals surface area (Å²) < 4.78 is 30.5. The van der Waals surface area contributed by atoms with Crippen LogP contribution in [0.3, 0.4) is 0 Å². The van der Waals surface area contributed by atoms with Gasteiger partial charge in [-0.15, -0.1) is 0 Å². The zero-order valence-electron chi connectivity index (χ0n) is 19.9. The van der Waals surface area contributed by atoms with E-state index < -0.39 is 6.61 Å². The normalized spacial score (nSPS) is 15.0. The Hall–Kier alpha value is -3.41. The van der Waals surface area contributed by atoms with Gasteiger partial charge in [-0.25, -0.2) is 9.97 Å². The van der Waals surface area contributed by atoms with E-state index in [9.17, 15) is 13.6 Å². The summed E-state index contributed by atoms with van der Waals surface area (Å²) in [5.74, 6) is 0.724. The molecule has 0 unspecified atom stereocenters. The van der Waals surface area contributed by atoms with Crippen molar-refractivity contribution in [3.05, 3.63) is 53.6 Å². The third kappa shape index (κ3) is 5.99. The fourth-order valence-corrected chi connectivity index (χ4v) is 4.08. The number of ether oxygens (including phenoxy) is 1. The molecule has 12 heteroatoms. The first-order valence-electron chi connectivity index (χ1n) is 10.9. The monoisotopic (exact) mass is 505 g/mol. The molecule has 35 heavy (non-hydrogen) atoms. The van der Waals surface area contributed by atoms with Crippen LogP contribution in [0.4, 0.5) is 26.0 Å². The van der Waals surface area contributed by atoms with Crippen LogP contribution in [0.5, 0.6) is 5.88 Å². The predicted molar refractivity (Wildman–Crippen MR) is 135 cm³/mol. The van der Waals surface area contributed by atoms with Crippen molar-refractivity contribution in [3.8, 4) is 5.88 Å². The first kappa shape index (κ1) is 26.2. The van der Waals surface area contributed by atoms with Crippen LogP contribution in [0, 0.1) is 12.8 Å². The van der Waals surface area contributed by atoms with Crippen LogP contribution in [-0.4, -0.2) is 45.4 Å². The topological polar surface area (TPSA) is 97.2 Å². The maximum absolute atomic E-state index is 12.5. The molecular weight excluding hydrogens is 476 g/mol. The van der Waals surface area contributed by atoms with E-state index in [4.69, 9.17) is 0 Å². The SMILES string of the molecule is Cc1nc(NCc2cnn(Cc3ccc(OC(F)F)nc3)c2)cc2c1NC(=O)[C@H](C(C)C)N2C.S. The molecule has 0 spiro atoms. The fraction of sp³-hybridized carbons (Fsp3) is 0.391. The third-order valence-electron chi connectivity index (χ3n) is 5.64. The average Bonchev–Trinajstić information content (AvgIpc) is 3.21. The molecule has 4 heterocycles. The van der Waals surface area contributed by atoms with Crippen LogP contribution < -0.4 is 20.3 Å². The molecule has 2 N–H and O–H groups in total. The third-order valence-corrected chi connectivity index (χ3v) is 5.64. The van der Waals surface area contributed by atoms with Gasteiger partial charge in [-0.1, -0.05) is 19.9 Å². The standard InChI is InChI=1S/C23H27F2N7O2.H2S/c1-13(2)21-22(33)30-20-14(3)29-18(7-17(20)31(21)4)26-9-16-10-28-32(12-16)11-15-5-6-19(27-8-15)34-23(24)25;/h5-8,10,12-13,21,23H,9,11H2,1-4H3,(H,26,29)(H,30,33);1H2/t21-;/m0./s1. The highest BCUT2D eigenvalue weighted by molar-refractivity contribution is 7.59. The van der Waals surface area contributed by atoms with Crippen molar-refractivity contribution in [2.75, 3.05) is 22.6 Å². The van der Waals surface area contributed by atoms with Crippen LogP contribution in [0.2, 0.25) is 0 Å². The molecule has 0 aromatic carbocycles. The highest BCUT2D eigenvalue weighted by Gasteiger charge is 2.34. The summed E-state index contributed by atoms with van der Waals surface area (Å²) in [5, 5.41) is 10.7. The fourth-order valence-electron chi connectivity index (χ4n) is 4.08. The Morgan fingerprint density at radius 3 is 2.66 bits per heavy atom. The molecule has 1 atom stereocenters. The first-order valence-corrected chi connectivity index (χ1v) is 10.9. The summed E-state index contributed by atoms with van der Waals surface area (Å²) in [6, 6.07) is 4.77. The average molecular weight is 506 g/mol. The zero-order valence-corrected chi connectivity index (χ0v) is 20.9. The molecule has 1 amide bonds. The van der Waals surface area contributed by atoms with E-state index in [1.807, 2.05) is 45.0 Å². The van der Waals surface area contributed by atoms with Gasteiger partial charge in [0.15, 0.2) is 0 Å². The Morgan fingerprint density at radius 2 is 2.00 bits per heavy atom. The number of rotatable bonds is 8. The molecule has 0 fully saturated rings. The molecule has 0 aliphatic carbocycles. The quantitative estimate of drug-likeness (QED) is 0.481. The van der Waals surface area contributed by atoms with Gasteiger partial charge in [0.05, 0.1) is 29.8 Å². The Bertz CT molecular complexity index is 1170. The number of carbonyl (C=O) groups excluding carboxylic acids is 1. The summed E-state index contributed by atoms with van der Waals surface area (Å²) in [6.45, 7) is 3.98. The van der Waals surface area contributed by atoms with Crippen LogP contribution in [0.15, 0.2) is 36.8 Å². The molecule has 1 aliphatic rings. The van der Waals surface area contributed by atoms with E-state index in [-0.39, 0.29) is 37.2 Å². The molecule has 9 nitrogen and oxygen atoms in total. The zero-order chi connectivity index (χ0) is 24.4. The Morgan fingerprint density at radius 1 is 1.23 bits per heavy atom. The minimum absolute atomic E-state index is 0. The van der Waals surface area contributed by atoms with Gasteiger partial charge in [-0.3, -0.25) is 9.48 Å². The first-order chi connectivity index (χ1) is 16.2. The summed E-state index contributed by atoms with van der Waals surface area (Å²) in [4.78, 5) is 23.0. The molecule has 1 aliphatic heterocycles. The number of halogens is 2. The highest BCUT2D eigenvalue weighted by atomic mass is 32.1. The number of carbonyl (C=O) groups is 1. The van der Waals surface area contributed by atoms with Gasteiger partial charge in [-0.2, -0.15) is 27.4 Å². The number of anilines is 3. The maximum Gasteiger partial charge on any atom is 0.388 e. The second kappa shape index (κ2) is 10.9. The highest BCUT2D eigenvalue weighted by Crippen LogP contribution is 2.36. The van der Waals surface area contributed by atoms with E-state index in [0.29, 0.717) is 18.9 Å². The van der Waals surface area contributed by atoms with Crippen molar-refractivity contribution in [1.29, 1.82) is 0 Å². The number of aryl methyl sites for hydroxylation is 1. The van der Waals surface area contributed by atoms with E-state index in [2.05, 4.69) is 30.4 Å². The molecular formula is C23H29F2N7O2S. The van der Waals surface area contributed by atoms with Crippen molar-refractivity contribution >= 4 is 36.6 Å². The lowest BCUT2D eigenvalue weighted by atomic mass is 9.98. The number of hydrogen-bond donors (Lipinski definition) is 2. The maximum atomic E-state index is 12.5. The summed E-state index contributed by atoms with van der Waals surface area (Å²) in [7, 11) is 1.93. The number of fused-ring (bicyclic) bond motifs is 1. The summed E-state index contributed by atoms with van der Waals surface area (Å²) in [5.41, 5.74) is 4.16. The summed E-state index contributed by atoms with van der Waals surface area (Å²) in [6.07, 6.45) is 5.13. The van der Waals surface area contributed by atoms with Gasteiger partial charge in [0.25, 0.3) is 0 Å². The van der Waals surface area contributed by atoms with Gasteiger partial charge in [-0.05, 0) is 18.4 Å². The molecule has 3 aromatic rings.